The number of thiazole rings is 1. The smallest absolute Gasteiger partial charge is 0.229 e. The first-order chi connectivity index (χ1) is 34.5. The van der Waals surface area contributed by atoms with E-state index < -0.39 is 11.6 Å². The lowest BCUT2D eigenvalue weighted by atomic mass is 9.82. The minimum atomic E-state index is -1.23. The van der Waals surface area contributed by atoms with Gasteiger partial charge < -0.3 is 41.0 Å². The fourth-order valence-electron chi connectivity index (χ4n) is 8.97. The number of aromatic nitrogens is 3. The molecule has 2 atom stereocenters. The Balaban J connectivity index is 0.000000219. The molecule has 0 bridgehead atoms. The molecule has 2 saturated carbocycles. The third kappa shape index (κ3) is 19.2. The van der Waals surface area contributed by atoms with Crippen LogP contribution in [-0.2, 0) is 25.7 Å². The molecule has 5 N–H and O–H groups in total. The number of carbonyl (C=O) groups is 4. The maximum absolute atomic E-state index is 14.5. The Labute approximate surface area is 440 Å². The Morgan fingerprint density at radius 2 is 1.65 bits per heavy atom. The van der Waals surface area contributed by atoms with Crippen molar-refractivity contribution in [2.75, 3.05) is 76.9 Å². The van der Waals surface area contributed by atoms with Gasteiger partial charge in [0.2, 0.25) is 25.2 Å². The van der Waals surface area contributed by atoms with Crippen molar-refractivity contribution in [1.29, 1.82) is 0 Å². The second-order valence-corrected chi connectivity index (χ2v) is 22.4. The van der Waals surface area contributed by atoms with Crippen molar-refractivity contribution in [3.63, 3.8) is 0 Å². The summed E-state index contributed by atoms with van der Waals surface area (Å²) in [6.45, 7) is 17.1. The summed E-state index contributed by atoms with van der Waals surface area (Å²) in [5, 5.41) is 9.13. The van der Waals surface area contributed by atoms with E-state index >= 15 is 0 Å². The molecular weight excluding hydrogens is 975 g/mol. The highest BCUT2D eigenvalue weighted by atomic mass is 35.5. The minimum Gasteiger partial charge on any atom is -0.495 e. The number of nitrogens with one attached hydrogen (secondary N) is 3. The molecule has 4 aliphatic rings. The molecule has 2 aromatic heterocycles. The number of ether oxygens (including phenoxy) is 1. The molecule has 19 heteroatoms. The number of aldehydes is 1. The summed E-state index contributed by atoms with van der Waals surface area (Å²) in [7, 11) is 5.57. The number of primary amides is 1. The highest BCUT2D eigenvalue weighted by Crippen LogP contribution is 2.53. The molecule has 4 aromatic rings. The second kappa shape index (κ2) is 30.3. The Hall–Kier alpha value is -4.88. The zero-order valence-corrected chi connectivity index (χ0v) is 45.9. The van der Waals surface area contributed by atoms with Crippen LogP contribution in [0.3, 0.4) is 0 Å². The number of hydrogen-bond acceptors (Lipinski definition) is 14. The standard InChI is InChI=1S/C21H35FN2O2S.C13H15ClN4O.C12H12N2OS.C6H13N.CH3NO/c1-20(2,19(14-25)21(22)7-8-21)27-15-18-5-3-17(4-6-18)13-23-9-11-24(16-26)12-10-23;1-8-4-5-10(11(6-8)19-3)17-13-16-7-9(14)12(15-2)18-13;1-9-12(16-8-14-9)11-4-2-10(3-5-11)6-13-7-15;1-6-4-3-5-7(6)2;2-1-3/h14,16-19H,3-13,15H2,1-2H3;4-7H,1-3H3,(H2,15,16,17,18);2-5,7-8H,6H2,1H3,(H,13,15);6H,3-5H2,1-2H3;1H,(H2,2,3). The zero-order chi connectivity index (χ0) is 52.7. The summed E-state index contributed by atoms with van der Waals surface area (Å²) in [4.78, 5) is 61.6. The van der Waals surface area contributed by atoms with E-state index in [4.69, 9.17) is 21.1 Å². The SMILES string of the molecule is CC(C)(SCC1CCC(CN2CCN(C=O)CC2)CC1)C(C=O)C1(F)CC1.CC1CCCN1C.CNc1nc(Nc2ccc(C)cc2OC)ncc1Cl.Cc1ncsc1-c1ccc(CNC=O)cc1.NC=O. The van der Waals surface area contributed by atoms with Gasteiger partial charge in [-0.25, -0.2) is 14.4 Å². The van der Waals surface area contributed by atoms with Gasteiger partial charge in [0.1, 0.15) is 28.5 Å². The van der Waals surface area contributed by atoms with E-state index in [9.17, 15) is 18.8 Å². The number of rotatable bonds is 17. The van der Waals surface area contributed by atoms with Crippen molar-refractivity contribution in [3.05, 3.63) is 76.0 Å². The predicted octanol–water partition coefficient (Wildman–Crippen LogP) is 9.19. The molecule has 4 heterocycles. The van der Waals surface area contributed by atoms with Crippen molar-refractivity contribution in [3.8, 4) is 16.2 Å². The Kier molecular flexibility index (Phi) is 25.2. The van der Waals surface area contributed by atoms with Crippen molar-refractivity contribution in [1.82, 2.24) is 35.0 Å². The largest absolute Gasteiger partial charge is 0.495 e. The van der Waals surface area contributed by atoms with E-state index in [1.54, 1.807) is 43.5 Å². The van der Waals surface area contributed by atoms with E-state index in [-0.39, 0.29) is 11.2 Å². The average molecular weight is 1050 g/mol. The maximum Gasteiger partial charge on any atom is 0.229 e. The summed E-state index contributed by atoms with van der Waals surface area (Å²) < 4.78 is 19.5. The molecule has 396 valence electrons. The number of aryl methyl sites for hydroxylation is 2. The first kappa shape index (κ1) is 59.7. The Morgan fingerprint density at radius 1 is 0.986 bits per heavy atom. The number of anilines is 3. The summed E-state index contributed by atoms with van der Waals surface area (Å²) in [5.41, 5.74) is 10.0. The van der Waals surface area contributed by atoms with Gasteiger partial charge in [0.05, 0.1) is 41.0 Å². The molecule has 2 aliphatic carbocycles. The highest BCUT2D eigenvalue weighted by Gasteiger charge is 2.56. The summed E-state index contributed by atoms with van der Waals surface area (Å²) >= 11 is 9.39. The lowest BCUT2D eigenvalue weighted by Gasteiger charge is -2.38. The van der Waals surface area contributed by atoms with Crippen LogP contribution in [0.5, 0.6) is 5.75 Å². The van der Waals surface area contributed by atoms with E-state index in [0.717, 1.165) is 91.4 Å². The van der Waals surface area contributed by atoms with E-state index in [1.807, 2.05) is 68.4 Å². The van der Waals surface area contributed by atoms with Gasteiger partial charge in [-0.2, -0.15) is 16.7 Å². The van der Waals surface area contributed by atoms with E-state index in [2.05, 4.69) is 72.5 Å². The van der Waals surface area contributed by atoms with Crippen LogP contribution in [0.15, 0.2) is 54.2 Å². The number of nitrogens with zero attached hydrogens (tertiary/aromatic N) is 6. The highest BCUT2D eigenvalue weighted by molar-refractivity contribution is 8.00. The van der Waals surface area contributed by atoms with Gasteiger partial charge in [-0.15, -0.1) is 11.3 Å². The van der Waals surface area contributed by atoms with Gasteiger partial charge in [-0.05, 0) is 146 Å². The van der Waals surface area contributed by atoms with Crippen LogP contribution in [0.25, 0.3) is 10.4 Å². The number of piperazine rings is 1. The van der Waals surface area contributed by atoms with Crippen LogP contribution in [0, 0.1) is 31.6 Å². The Bertz CT molecular complexity index is 2250. The van der Waals surface area contributed by atoms with Crippen LogP contribution in [-0.4, -0.2) is 138 Å². The Morgan fingerprint density at radius 3 is 2.17 bits per heavy atom. The van der Waals surface area contributed by atoms with Gasteiger partial charge in [0.15, 0.2) is 0 Å². The second-order valence-electron chi connectivity index (χ2n) is 19.4. The summed E-state index contributed by atoms with van der Waals surface area (Å²) in [6, 6.07) is 14.9. The number of benzene rings is 2. The van der Waals surface area contributed by atoms with Gasteiger partial charge in [0.25, 0.3) is 0 Å². The number of methoxy groups -OCH3 is 1. The molecule has 15 nitrogen and oxygen atoms in total. The summed E-state index contributed by atoms with van der Waals surface area (Å²) in [5.74, 6) is 3.80. The average Bonchev–Trinajstić information content (AvgIpc) is 3.77. The number of hydrogen-bond donors (Lipinski definition) is 4. The third-order valence-corrected chi connectivity index (χ3v) is 16.6. The van der Waals surface area contributed by atoms with Crippen LogP contribution in [0.1, 0.15) is 89.0 Å². The number of nitrogens with two attached hydrogens (primary N) is 1. The first-order valence-electron chi connectivity index (χ1n) is 24.9. The summed E-state index contributed by atoms with van der Waals surface area (Å²) in [6.07, 6.45) is 13.3. The fourth-order valence-corrected chi connectivity index (χ4v) is 11.4. The number of likely N-dealkylation sites (tertiary alicyclic amines) is 1. The van der Waals surface area contributed by atoms with Crippen molar-refractivity contribution in [2.45, 2.75) is 109 Å². The number of thioether (sulfide) groups is 1. The number of amides is 3. The van der Waals surface area contributed by atoms with Crippen LogP contribution < -0.4 is 26.4 Å². The third-order valence-electron chi connectivity index (χ3n) is 13.7. The van der Waals surface area contributed by atoms with Crippen LogP contribution in [0.4, 0.5) is 21.8 Å². The maximum atomic E-state index is 14.5. The lowest BCUT2D eigenvalue weighted by Crippen LogP contribution is -2.47. The molecule has 2 aliphatic heterocycles. The molecule has 72 heavy (non-hydrogen) atoms. The molecule has 0 spiro atoms. The molecule has 8 rings (SSSR count). The quantitative estimate of drug-likeness (QED) is 0.0734. The van der Waals surface area contributed by atoms with Gasteiger partial charge in [0, 0.05) is 57.1 Å². The predicted molar refractivity (Wildman–Crippen MR) is 293 cm³/mol. The lowest BCUT2D eigenvalue weighted by molar-refractivity contribution is -0.120. The van der Waals surface area contributed by atoms with Crippen molar-refractivity contribution < 1.29 is 28.3 Å². The monoisotopic (exact) mass is 1050 g/mol. The molecule has 0 radical (unpaired) electrons. The fraction of sp³-hybridized carbons (Fsp3) is 0.566. The van der Waals surface area contributed by atoms with Gasteiger partial charge in [-0.1, -0.05) is 41.9 Å². The normalized spacial score (nSPS) is 19.6. The molecule has 4 fully saturated rings. The molecular formula is C53H78ClFN10O5S2. The molecule has 2 saturated heterocycles. The topological polar surface area (TPSA) is 188 Å². The first-order valence-corrected chi connectivity index (χ1v) is 27.1. The molecule has 2 unspecified atom stereocenters. The van der Waals surface area contributed by atoms with Crippen LogP contribution in [0.2, 0.25) is 5.02 Å². The van der Waals surface area contributed by atoms with Crippen molar-refractivity contribution >= 4 is 77.7 Å². The van der Waals surface area contributed by atoms with Gasteiger partial charge >= 0.3 is 0 Å². The van der Waals surface area contributed by atoms with E-state index in [0.29, 0.717) is 48.5 Å². The van der Waals surface area contributed by atoms with Crippen molar-refractivity contribution in [2.24, 2.45) is 23.5 Å². The van der Waals surface area contributed by atoms with Gasteiger partial charge in [-0.3, -0.25) is 19.3 Å². The number of carbonyl (C=O) groups excluding carboxylic acids is 4. The number of alkyl halides is 1. The van der Waals surface area contributed by atoms with E-state index in [1.165, 1.54) is 55.5 Å². The zero-order valence-electron chi connectivity index (χ0n) is 43.5. The van der Waals surface area contributed by atoms with Crippen LogP contribution >= 0.6 is 34.7 Å². The molecule has 3 amide bonds. The number of halogens is 2. The minimum absolute atomic E-state index is 0.250. The molecule has 2 aromatic carbocycles.